The Morgan fingerprint density at radius 1 is 1.00 bits per heavy atom. The van der Waals surface area contributed by atoms with E-state index in [2.05, 4.69) is 67.7 Å². The van der Waals surface area contributed by atoms with Crippen LogP contribution >= 0.6 is 0 Å². The molecule has 1 saturated carbocycles. The van der Waals surface area contributed by atoms with Crippen LogP contribution in [0.15, 0.2) is 48.5 Å². The van der Waals surface area contributed by atoms with Crippen LogP contribution in [0, 0.1) is 0 Å². The lowest BCUT2D eigenvalue weighted by molar-refractivity contribution is 0.420. The minimum Gasteiger partial charge on any atom is -0.310 e. The van der Waals surface area contributed by atoms with Gasteiger partial charge in [-0.15, -0.1) is 0 Å². The van der Waals surface area contributed by atoms with Crippen molar-refractivity contribution in [2.75, 3.05) is 0 Å². The van der Waals surface area contributed by atoms with Crippen molar-refractivity contribution in [1.82, 2.24) is 5.32 Å². The quantitative estimate of drug-likeness (QED) is 0.801. The van der Waals surface area contributed by atoms with Gasteiger partial charge in [-0.25, -0.2) is 0 Å². The number of hydrogen-bond acceptors (Lipinski definition) is 1. The first-order chi connectivity index (χ1) is 10.2. The van der Waals surface area contributed by atoms with Gasteiger partial charge in [-0.2, -0.15) is 0 Å². The summed E-state index contributed by atoms with van der Waals surface area (Å²) >= 11 is 0. The molecule has 3 rings (SSSR count). The summed E-state index contributed by atoms with van der Waals surface area (Å²) < 4.78 is 0. The van der Waals surface area contributed by atoms with E-state index in [1.54, 1.807) is 0 Å². The number of hydrogen-bond donors (Lipinski definition) is 1. The van der Waals surface area contributed by atoms with Crippen LogP contribution in [0.1, 0.15) is 50.2 Å². The lowest BCUT2D eigenvalue weighted by Gasteiger charge is -2.26. The molecule has 0 saturated heterocycles. The smallest absolute Gasteiger partial charge is 0.0214 e. The molecule has 0 spiro atoms. The zero-order chi connectivity index (χ0) is 14.7. The Morgan fingerprint density at radius 3 is 2.33 bits per heavy atom. The Hall–Kier alpha value is -1.60. The second-order valence-corrected chi connectivity index (χ2v) is 6.44. The van der Waals surface area contributed by atoms with Crippen molar-refractivity contribution in [3.05, 3.63) is 59.7 Å². The van der Waals surface area contributed by atoms with Crippen LogP contribution in [0.4, 0.5) is 0 Å². The van der Waals surface area contributed by atoms with E-state index in [9.17, 15) is 0 Å². The van der Waals surface area contributed by atoms with Crippen molar-refractivity contribution >= 4 is 0 Å². The molecule has 110 valence electrons. The Morgan fingerprint density at radius 2 is 1.71 bits per heavy atom. The Bertz CT molecular complexity index is 579. The highest BCUT2D eigenvalue weighted by Gasteiger charge is 2.19. The van der Waals surface area contributed by atoms with Gasteiger partial charge in [-0.1, -0.05) is 68.8 Å². The first-order valence-electron chi connectivity index (χ1n) is 8.15. The molecule has 0 heterocycles. The lowest BCUT2D eigenvalue weighted by Crippen LogP contribution is -2.22. The predicted octanol–water partition coefficient (Wildman–Crippen LogP) is 5.12. The topological polar surface area (TPSA) is 12.0 Å². The molecule has 2 aromatic carbocycles. The highest BCUT2D eigenvalue weighted by Crippen LogP contribution is 2.37. The van der Waals surface area contributed by atoms with Gasteiger partial charge >= 0.3 is 0 Å². The average molecular weight is 279 g/mol. The van der Waals surface area contributed by atoms with Crippen molar-refractivity contribution in [2.45, 2.75) is 51.6 Å². The van der Waals surface area contributed by atoms with E-state index >= 15 is 0 Å². The second kappa shape index (κ2) is 6.44. The molecule has 1 aliphatic carbocycles. The zero-order valence-electron chi connectivity index (χ0n) is 13.1. The van der Waals surface area contributed by atoms with Crippen molar-refractivity contribution in [3.63, 3.8) is 0 Å². The van der Waals surface area contributed by atoms with E-state index < -0.39 is 0 Å². The average Bonchev–Trinajstić information content (AvgIpc) is 2.44. The molecule has 0 amide bonds. The maximum atomic E-state index is 3.52. The first kappa shape index (κ1) is 14.3. The van der Waals surface area contributed by atoms with Crippen LogP contribution in [-0.2, 0) is 6.54 Å². The predicted molar refractivity (Wildman–Crippen MR) is 90.4 cm³/mol. The molecule has 0 aliphatic heterocycles. The monoisotopic (exact) mass is 279 g/mol. The summed E-state index contributed by atoms with van der Waals surface area (Å²) in [6, 6.07) is 18.5. The van der Waals surface area contributed by atoms with Gasteiger partial charge in [0.2, 0.25) is 0 Å². The minimum absolute atomic E-state index is 0.513. The van der Waals surface area contributed by atoms with E-state index in [4.69, 9.17) is 0 Å². The molecule has 1 fully saturated rings. The van der Waals surface area contributed by atoms with Crippen molar-refractivity contribution in [2.24, 2.45) is 0 Å². The summed E-state index contributed by atoms with van der Waals surface area (Å²) in [4.78, 5) is 0. The SMILES string of the molecule is CC(C)NCc1ccccc1-c1ccc(C2CCC2)cc1. The number of benzene rings is 2. The Balaban J connectivity index is 1.82. The highest BCUT2D eigenvalue weighted by atomic mass is 14.9. The van der Waals surface area contributed by atoms with Gasteiger partial charge in [0.05, 0.1) is 0 Å². The van der Waals surface area contributed by atoms with Crippen LogP contribution < -0.4 is 5.32 Å². The summed E-state index contributed by atoms with van der Waals surface area (Å²) in [5, 5.41) is 3.52. The first-order valence-corrected chi connectivity index (χ1v) is 8.15. The summed E-state index contributed by atoms with van der Waals surface area (Å²) in [5.41, 5.74) is 5.58. The fourth-order valence-corrected chi connectivity index (χ4v) is 2.95. The van der Waals surface area contributed by atoms with Gasteiger partial charge in [-0.3, -0.25) is 0 Å². The third kappa shape index (κ3) is 3.36. The van der Waals surface area contributed by atoms with Gasteiger partial charge in [0.15, 0.2) is 0 Å². The van der Waals surface area contributed by atoms with Crippen LogP contribution in [0.2, 0.25) is 0 Å². The van der Waals surface area contributed by atoms with E-state index in [0.29, 0.717) is 6.04 Å². The molecule has 1 nitrogen and oxygen atoms in total. The molecular formula is C20H25N. The van der Waals surface area contributed by atoms with Crippen molar-refractivity contribution in [3.8, 4) is 11.1 Å². The molecule has 0 radical (unpaired) electrons. The van der Waals surface area contributed by atoms with E-state index in [0.717, 1.165) is 12.5 Å². The van der Waals surface area contributed by atoms with E-state index in [1.165, 1.54) is 41.5 Å². The molecule has 0 atom stereocenters. The molecule has 1 heteroatoms. The largest absolute Gasteiger partial charge is 0.310 e. The summed E-state index contributed by atoms with van der Waals surface area (Å²) in [6.07, 6.45) is 4.14. The van der Waals surface area contributed by atoms with Crippen LogP contribution in [0.3, 0.4) is 0 Å². The Kier molecular flexibility index (Phi) is 4.40. The number of nitrogens with one attached hydrogen (secondary N) is 1. The summed E-state index contributed by atoms with van der Waals surface area (Å²) in [5.74, 6) is 0.817. The second-order valence-electron chi connectivity index (χ2n) is 6.44. The third-order valence-electron chi connectivity index (χ3n) is 4.52. The van der Waals surface area contributed by atoms with Crippen LogP contribution in [0.5, 0.6) is 0 Å². The van der Waals surface area contributed by atoms with Crippen LogP contribution in [-0.4, -0.2) is 6.04 Å². The molecule has 21 heavy (non-hydrogen) atoms. The van der Waals surface area contributed by atoms with Gasteiger partial charge in [-0.05, 0) is 41.0 Å². The molecule has 1 aliphatic rings. The third-order valence-corrected chi connectivity index (χ3v) is 4.52. The Labute approximate surface area is 128 Å². The fraction of sp³-hybridized carbons (Fsp3) is 0.400. The minimum atomic E-state index is 0.513. The fourth-order valence-electron chi connectivity index (χ4n) is 2.95. The summed E-state index contributed by atoms with van der Waals surface area (Å²) in [7, 11) is 0. The van der Waals surface area contributed by atoms with Gasteiger partial charge < -0.3 is 5.32 Å². The maximum absolute atomic E-state index is 3.52. The van der Waals surface area contributed by atoms with E-state index in [-0.39, 0.29) is 0 Å². The van der Waals surface area contributed by atoms with E-state index in [1.807, 2.05) is 0 Å². The molecule has 1 N–H and O–H groups in total. The summed E-state index contributed by atoms with van der Waals surface area (Å²) in [6.45, 7) is 5.31. The molecule has 0 bridgehead atoms. The molecular weight excluding hydrogens is 254 g/mol. The van der Waals surface area contributed by atoms with Gasteiger partial charge in [0.25, 0.3) is 0 Å². The van der Waals surface area contributed by atoms with Crippen molar-refractivity contribution in [1.29, 1.82) is 0 Å². The molecule has 2 aromatic rings. The number of rotatable bonds is 5. The standard InChI is InChI=1S/C20H25N/c1-15(2)21-14-19-6-3-4-9-20(19)18-12-10-17(11-13-18)16-7-5-8-16/h3-4,6,9-13,15-16,21H,5,7-8,14H2,1-2H3. The highest BCUT2D eigenvalue weighted by molar-refractivity contribution is 5.67. The molecule has 0 unspecified atom stereocenters. The van der Waals surface area contributed by atoms with Gasteiger partial charge in [0.1, 0.15) is 0 Å². The van der Waals surface area contributed by atoms with Crippen molar-refractivity contribution < 1.29 is 0 Å². The van der Waals surface area contributed by atoms with Crippen LogP contribution in [0.25, 0.3) is 11.1 Å². The molecule has 0 aromatic heterocycles. The van der Waals surface area contributed by atoms with Gasteiger partial charge in [0, 0.05) is 12.6 Å². The lowest BCUT2D eigenvalue weighted by atomic mass is 9.80. The zero-order valence-corrected chi connectivity index (χ0v) is 13.1. The normalized spacial score (nSPS) is 15.2. The maximum Gasteiger partial charge on any atom is 0.0214 e.